The molecule has 0 bridgehead atoms. The fourth-order valence-corrected chi connectivity index (χ4v) is 0.680. The number of hydrogen-bond acceptors (Lipinski definition) is 0. The van der Waals surface area contributed by atoms with Crippen molar-refractivity contribution in [3.63, 3.8) is 0 Å². The van der Waals surface area contributed by atoms with Crippen LogP contribution in [0.25, 0.3) is 0 Å². The fourth-order valence-electron chi connectivity index (χ4n) is 0.680. The summed E-state index contributed by atoms with van der Waals surface area (Å²) in [7, 11) is 0. The maximum atomic E-state index is 2.99. The van der Waals surface area contributed by atoms with Crippen LogP contribution >= 0.6 is 0 Å². The van der Waals surface area contributed by atoms with E-state index in [2.05, 4.69) is 24.3 Å². The number of allylic oxidation sites excluding steroid dienone is 8. The van der Waals surface area contributed by atoms with Crippen molar-refractivity contribution < 1.29 is 73.3 Å². The zero-order chi connectivity index (χ0) is 7.07. The smallest absolute Gasteiger partial charge is 1.00 e. The Balaban J connectivity index is -0.0000000556. The molecule has 0 N–H and O–H groups in total. The molecule has 0 spiro atoms. The molecule has 0 atom stereocenters. The summed E-state index contributed by atoms with van der Waals surface area (Å²) in [4.78, 5) is 0. The van der Waals surface area contributed by atoms with E-state index >= 15 is 0 Å². The van der Waals surface area contributed by atoms with Crippen LogP contribution in [0.15, 0.2) is 36.5 Å². The van der Waals surface area contributed by atoms with Gasteiger partial charge < -0.3 is 50.9 Å². The molecule has 0 aromatic heterocycles. The first-order chi connectivity index (χ1) is 5.00. The van der Waals surface area contributed by atoms with Gasteiger partial charge in [-0.3, -0.25) is 12.2 Å². The van der Waals surface area contributed by atoms with Gasteiger partial charge in [-0.05, 0) is 0 Å². The molecular weight excluding hydrogens is 453 g/mol. The minimum atomic E-state index is 0. The zero-order valence-corrected chi connectivity index (χ0v) is 14.4. The van der Waals surface area contributed by atoms with Crippen molar-refractivity contribution in [1.82, 2.24) is 0 Å². The molecule has 0 saturated carbocycles. The molecule has 4 heteroatoms. The van der Waals surface area contributed by atoms with Crippen LogP contribution in [-0.2, 0) is 22.4 Å². The summed E-state index contributed by atoms with van der Waals surface area (Å²) in [5.74, 6) is 0. The van der Waals surface area contributed by atoms with Crippen LogP contribution < -0.4 is 50.9 Å². The fraction of sp³-hybridized carbons (Fsp3) is 0.200. The van der Waals surface area contributed by atoms with E-state index < -0.39 is 0 Å². The first-order valence-electron chi connectivity index (χ1n) is 3.43. The second-order valence-corrected chi connectivity index (χ2v) is 2.01. The predicted molar refractivity (Wildman–Crippen MR) is 43.1 cm³/mol. The maximum absolute atomic E-state index is 2.99. The van der Waals surface area contributed by atoms with Gasteiger partial charge in [0.05, 0.1) is 0 Å². The summed E-state index contributed by atoms with van der Waals surface area (Å²) in [6.45, 7) is 0. The molecule has 0 saturated heterocycles. The zero-order valence-electron chi connectivity index (χ0n) is 7.46. The second kappa shape index (κ2) is 19.7. The molecule has 0 aromatic carbocycles. The minimum absolute atomic E-state index is 0. The Bertz CT molecular complexity index is 154. The Hall–Kier alpha value is 1.14. The number of hydrogen-bond donors (Lipinski definition) is 0. The van der Waals surface area contributed by atoms with Crippen LogP contribution in [0, 0.1) is 12.2 Å². The standard InChI is InChI=1S/2C5H5.3BrH.Nb/c2*1-2-4-5-3-1;;;;/h2*1-3H,4H2;3*1H;/q2*-1;;;;+5/p-3. The molecule has 76 valence electrons. The van der Waals surface area contributed by atoms with Gasteiger partial charge in [0, 0.05) is 0 Å². The largest absolute Gasteiger partial charge is 5.00 e. The summed E-state index contributed by atoms with van der Waals surface area (Å²) in [6.07, 6.45) is 20.0. The Labute approximate surface area is 133 Å². The van der Waals surface area contributed by atoms with Crippen molar-refractivity contribution in [2.45, 2.75) is 12.8 Å². The van der Waals surface area contributed by atoms with E-state index in [9.17, 15) is 0 Å². The summed E-state index contributed by atoms with van der Waals surface area (Å²) in [5.41, 5.74) is 0. The molecule has 0 radical (unpaired) electrons. The van der Waals surface area contributed by atoms with E-state index in [0.717, 1.165) is 12.8 Å². The summed E-state index contributed by atoms with van der Waals surface area (Å²) in [5, 5.41) is 0. The van der Waals surface area contributed by atoms with Crippen molar-refractivity contribution in [2.75, 3.05) is 0 Å². The number of halogens is 3. The summed E-state index contributed by atoms with van der Waals surface area (Å²) in [6, 6.07) is 0. The normalized spacial score (nSPS) is 12.6. The third-order valence-electron chi connectivity index (χ3n) is 1.17. The average molecular weight is 463 g/mol. The molecule has 2 rings (SSSR count). The average Bonchev–Trinajstić information content (AvgIpc) is 2.67. The van der Waals surface area contributed by atoms with Crippen molar-refractivity contribution in [3.05, 3.63) is 48.6 Å². The summed E-state index contributed by atoms with van der Waals surface area (Å²) >= 11 is 0. The van der Waals surface area contributed by atoms with E-state index in [0.29, 0.717) is 0 Å². The Morgan fingerprint density at radius 2 is 1.07 bits per heavy atom. The molecule has 0 unspecified atom stereocenters. The van der Waals surface area contributed by atoms with Gasteiger partial charge in [0.25, 0.3) is 0 Å². The van der Waals surface area contributed by atoms with Gasteiger partial charge in [-0.25, -0.2) is 24.3 Å². The molecule has 0 nitrogen and oxygen atoms in total. The van der Waals surface area contributed by atoms with Crippen LogP contribution in [-0.4, -0.2) is 0 Å². The van der Waals surface area contributed by atoms with E-state index in [1.807, 2.05) is 24.3 Å². The molecule has 0 amide bonds. The SMILES string of the molecule is [Br-].[Br-].[Br-].[C-]1=CC=CC1.[C-]1=CC=CC1.[Nb+5]. The molecule has 2 aliphatic carbocycles. The maximum Gasteiger partial charge on any atom is 5.00 e. The first-order valence-corrected chi connectivity index (χ1v) is 3.43. The van der Waals surface area contributed by atoms with Gasteiger partial charge >= 0.3 is 22.4 Å². The van der Waals surface area contributed by atoms with Gasteiger partial charge in [0.1, 0.15) is 0 Å². The second-order valence-electron chi connectivity index (χ2n) is 2.01. The van der Waals surface area contributed by atoms with E-state index in [1.54, 1.807) is 0 Å². The van der Waals surface area contributed by atoms with E-state index in [1.165, 1.54) is 0 Å². The van der Waals surface area contributed by atoms with Crippen molar-refractivity contribution in [2.24, 2.45) is 0 Å². The quantitative estimate of drug-likeness (QED) is 0.248. The predicted octanol–water partition coefficient (Wildman–Crippen LogP) is -6.38. The number of rotatable bonds is 0. The van der Waals surface area contributed by atoms with Crippen LogP contribution in [0.1, 0.15) is 12.8 Å². The van der Waals surface area contributed by atoms with Gasteiger partial charge in [-0.15, -0.1) is 12.8 Å². The first kappa shape index (κ1) is 24.4. The Morgan fingerprint density at radius 3 is 1.14 bits per heavy atom. The topological polar surface area (TPSA) is 0 Å². The molecule has 2 aliphatic rings. The molecular formula is C10H10Br3Nb. The molecule has 0 aromatic rings. The van der Waals surface area contributed by atoms with Gasteiger partial charge in [0.2, 0.25) is 0 Å². The van der Waals surface area contributed by atoms with Crippen molar-refractivity contribution in [3.8, 4) is 0 Å². The van der Waals surface area contributed by atoms with Gasteiger partial charge in [-0.1, -0.05) is 0 Å². The Kier molecular flexibility index (Phi) is 34.3. The van der Waals surface area contributed by atoms with Crippen molar-refractivity contribution >= 4 is 0 Å². The van der Waals surface area contributed by atoms with Gasteiger partial charge in [0.15, 0.2) is 0 Å². The third kappa shape index (κ3) is 15.6. The molecule has 0 aliphatic heterocycles. The molecule has 0 fully saturated rings. The third-order valence-corrected chi connectivity index (χ3v) is 1.17. The van der Waals surface area contributed by atoms with Gasteiger partial charge in [-0.2, -0.15) is 12.2 Å². The molecule has 14 heavy (non-hydrogen) atoms. The monoisotopic (exact) mass is 460 g/mol. The van der Waals surface area contributed by atoms with Crippen LogP contribution in [0.5, 0.6) is 0 Å². The van der Waals surface area contributed by atoms with Crippen LogP contribution in [0.2, 0.25) is 0 Å². The van der Waals surface area contributed by atoms with E-state index in [-0.39, 0.29) is 73.3 Å². The minimum Gasteiger partial charge on any atom is -1.00 e. The Morgan fingerprint density at radius 1 is 0.714 bits per heavy atom. The van der Waals surface area contributed by atoms with Crippen LogP contribution in [0.3, 0.4) is 0 Å². The van der Waals surface area contributed by atoms with Crippen LogP contribution in [0.4, 0.5) is 0 Å². The van der Waals surface area contributed by atoms with E-state index in [4.69, 9.17) is 0 Å². The molecule has 0 heterocycles. The van der Waals surface area contributed by atoms with Crippen molar-refractivity contribution in [1.29, 1.82) is 0 Å². The summed E-state index contributed by atoms with van der Waals surface area (Å²) < 4.78 is 0.